The number of thiophene rings is 1. The Morgan fingerprint density at radius 2 is 0.914 bits per heavy atom. The molecule has 0 bridgehead atoms. The molecule has 0 aliphatic rings. The van der Waals surface area contributed by atoms with Crippen molar-refractivity contribution >= 4 is 109 Å². The second-order valence-corrected chi connectivity index (χ2v) is 16.4. The van der Waals surface area contributed by atoms with Crippen LogP contribution in [0.2, 0.25) is 0 Å². The highest BCUT2D eigenvalue weighted by Gasteiger charge is 2.20. The van der Waals surface area contributed by atoms with Crippen molar-refractivity contribution in [1.29, 1.82) is 0 Å². The van der Waals surface area contributed by atoms with Crippen LogP contribution in [0.15, 0.2) is 199 Å². The van der Waals surface area contributed by atoms with Crippen LogP contribution in [0.3, 0.4) is 0 Å². The van der Waals surface area contributed by atoms with Gasteiger partial charge in [-0.2, -0.15) is 0 Å². The van der Waals surface area contributed by atoms with Gasteiger partial charge in [-0.3, -0.25) is 0 Å². The predicted molar refractivity (Wildman–Crippen MR) is 247 cm³/mol. The smallest absolute Gasteiger partial charge is 0.136 e. The lowest BCUT2D eigenvalue weighted by atomic mass is 10.0. The molecule has 0 saturated carbocycles. The zero-order chi connectivity index (χ0) is 37.9. The van der Waals surface area contributed by atoms with E-state index in [1.807, 2.05) is 23.5 Å². The summed E-state index contributed by atoms with van der Waals surface area (Å²) in [5.74, 6) is 0. The summed E-state index contributed by atoms with van der Waals surface area (Å²) < 4.78 is 11.3. The van der Waals surface area contributed by atoms with Gasteiger partial charge in [0, 0.05) is 69.6 Å². The lowest BCUT2D eigenvalue weighted by molar-refractivity contribution is 0.669. The van der Waals surface area contributed by atoms with E-state index >= 15 is 0 Å². The van der Waals surface area contributed by atoms with Gasteiger partial charge in [-0.25, -0.2) is 0 Å². The Kier molecular flexibility index (Phi) is 6.60. The van der Waals surface area contributed by atoms with Crippen molar-refractivity contribution < 1.29 is 4.42 Å². The highest BCUT2D eigenvalue weighted by molar-refractivity contribution is 7.25. The van der Waals surface area contributed by atoms with E-state index in [2.05, 4.69) is 191 Å². The fraction of sp³-hybridized carbons (Fsp3) is 0. The third-order valence-corrected chi connectivity index (χ3v) is 13.3. The quantitative estimate of drug-likeness (QED) is 0.174. The van der Waals surface area contributed by atoms with E-state index in [9.17, 15) is 0 Å². The van der Waals surface area contributed by atoms with Crippen LogP contribution in [0, 0.1) is 0 Å². The van der Waals surface area contributed by atoms with Gasteiger partial charge in [-0.1, -0.05) is 109 Å². The third kappa shape index (κ3) is 4.61. The lowest BCUT2D eigenvalue weighted by Crippen LogP contribution is -2.09. The second kappa shape index (κ2) is 12.1. The van der Waals surface area contributed by atoms with Crippen LogP contribution in [-0.2, 0) is 0 Å². The molecule has 0 aliphatic heterocycles. The molecule has 0 atom stereocenters. The number of para-hydroxylation sites is 3. The molecule has 0 N–H and O–H groups in total. The predicted octanol–water partition coefficient (Wildman–Crippen LogP) is 15.9. The minimum Gasteiger partial charge on any atom is -0.456 e. The molecule has 270 valence electrons. The van der Waals surface area contributed by atoms with E-state index < -0.39 is 0 Å². The summed E-state index contributed by atoms with van der Waals surface area (Å²) in [6.07, 6.45) is 0. The SMILES string of the molecule is c1ccc2c(c1)oc1cc(-c3ccc(N(c4ccc(-c5ccc6sc7ccccc7c6c5)cc4)c4ccc5c(c4)c4cccc6c7ccccc7n5c64)cc3)ccc12. The van der Waals surface area contributed by atoms with Crippen LogP contribution < -0.4 is 4.90 Å². The van der Waals surface area contributed by atoms with Gasteiger partial charge in [0.05, 0.1) is 16.6 Å². The van der Waals surface area contributed by atoms with Gasteiger partial charge in [0.25, 0.3) is 0 Å². The maximum Gasteiger partial charge on any atom is 0.136 e. The summed E-state index contributed by atoms with van der Waals surface area (Å²) in [6, 6.07) is 70.8. The van der Waals surface area contributed by atoms with Gasteiger partial charge in [0.15, 0.2) is 0 Å². The minimum absolute atomic E-state index is 0.905. The van der Waals surface area contributed by atoms with E-state index in [-0.39, 0.29) is 0 Å². The molecule has 13 rings (SSSR count). The van der Waals surface area contributed by atoms with Crippen molar-refractivity contribution in [3.05, 3.63) is 194 Å². The van der Waals surface area contributed by atoms with Crippen molar-refractivity contribution in [2.75, 3.05) is 4.90 Å². The highest BCUT2D eigenvalue weighted by atomic mass is 32.1. The van der Waals surface area contributed by atoms with Crippen molar-refractivity contribution in [2.45, 2.75) is 0 Å². The summed E-state index contributed by atoms with van der Waals surface area (Å²) in [5.41, 5.74) is 13.6. The van der Waals surface area contributed by atoms with Gasteiger partial charge in [-0.05, 0) is 107 Å². The summed E-state index contributed by atoms with van der Waals surface area (Å²) in [4.78, 5) is 2.39. The molecule has 0 radical (unpaired) electrons. The van der Waals surface area contributed by atoms with Gasteiger partial charge in [0.2, 0.25) is 0 Å². The average molecular weight is 757 g/mol. The molecule has 0 aliphatic carbocycles. The van der Waals surface area contributed by atoms with E-state index in [0.29, 0.717) is 0 Å². The van der Waals surface area contributed by atoms with Crippen molar-refractivity contribution in [3.8, 4) is 22.3 Å². The molecule has 0 amide bonds. The molecule has 4 heterocycles. The number of furan rings is 1. The fourth-order valence-corrected chi connectivity index (χ4v) is 10.5. The van der Waals surface area contributed by atoms with E-state index in [0.717, 1.165) is 50.1 Å². The first-order chi connectivity index (χ1) is 28.7. The number of hydrogen-bond donors (Lipinski definition) is 0. The molecule has 4 aromatic heterocycles. The number of nitrogens with zero attached hydrogens (tertiary/aromatic N) is 2. The van der Waals surface area contributed by atoms with Crippen LogP contribution in [0.1, 0.15) is 0 Å². The van der Waals surface area contributed by atoms with Crippen molar-refractivity contribution in [3.63, 3.8) is 0 Å². The average Bonchev–Trinajstić information content (AvgIpc) is 4.03. The van der Waals surface area contributed by atoms with Gasteiger partial charge in [0.1, 0.15) is 11.2 Å². The Bertz CT molecular complexity index is 3740. The number of fused-ring (bicyclic) bond motifs is 12. The summed E-state index contributed by atoms with van der Waals surface area (Å²) in [7, 11) is 0. The van der Waals surface area contributed by atoms with Crippen molar-refractivity contribution in [1.82, 2.24) is 4.40 Å². The zero-order valence-electron chi connectivity index (χ0n) is 31.2. The maximum atomic E-state index is 6.26. The normalized spacial score (nSPS) is 12.1. The number of benzene rings is 9. The Hall–Kier alpha value is -7.40. The highest BCUT2D eigenvalue weighted by Crippen LogP contribution is 2.44. The summed E-state index contributed by atoms with van der Waals surface area (Å²) in [5, 5.41) is 10.0. The molecule has 9 aromatic carbocycles. The molecule has 3 nitrogen and oxygen atoms in total. The van der Waals surface area contributed by atoms with E-state index in [1.165, 1.54) is 69.4 Å². The Labute approximate surface area is 337 Å². The topological polar surface area (TPSA) is 20.8 Å². The van der Waals surface area contributed by atoms with Crippen LogP contribution >= 0.6 is 11.3 Å². The fourth-order valence-electron chi connectivity index (χ4n) is 9.42. The van der Waals surface area contributed by atoms with Crippen molar-refractivity contribution in [2.24, 2.45) is 0 Å². The maximum absolute atomic E-state index is 6.26. The molecule has 0 fully saturated rings. The molecule has 4 heteroatoms. The number of hydrogen-bond acceptors (Lipinski definition) is 3. The van der Waals surface area contributed by atoms with E-state index in [4.69, 9.17) is 4.42 Å². The van der Waals surface area contributed by atoms with Gasteiger partial charge in [-0.15, -0.1) is 11.3 Å². The molecule has 13 aromatic rings. The third-order valence-electron chi connectivity index (χ3n) is 12.1. The first kappa shape index (κ1) is 31.8. The van der Waals surface area contributed by atoms with E-state index in [1.54, 1.807) is 0 Å². The molecule has 58 heavy (non-hydrogen) atoms. The minimum atomic E-state index is 0.905. The second-order valence-electron chi connectivity index (χ2n) is 15.3. The molecular weight excluding hydrogens is 725 g/mol. The van der Waals surface area contributed by atoms with Crippen LogP contribution in [0.4, 0.5) is 17.1 Å². The monoisotopic (exact) mass is 756 g/mol. The standard InChI is InChI=1S/C54H32N2OS/c1-4-13-48-40(8-1)44-11-7-12-45-46-32-39(26-28-49(46)56(48)54(44)45)55(37-22-16-33(17-23-37)35-21-29-53-47(30-35)43-10-3-6-15-52(43)58-53)38-24-18-34(19-25-38)36-20-27-42-41-9-2-5-14-50(41)57-51(42)31-36/h1-32H. The van der Waals surface area contributed by atoms with Crippen LogP contribution in [-0.4, -0.2) is 4.40 Å². The van der Waals surface area contributed by atoms with Crippen LogP contribution in [0.25, 0.3) is 102 Å². The Balaban J connectivity index is 0.945. The lowest BCUT2D eigenvalue weighted by Gasteiger charge is -2.26. The number of aromatic nitrogens is 1. The largest absolute Gasteiger partial charge is 0.456 e. The first-order valence-corrected chi connectivity index (χ1v) is 20.6. The first-order valence-electron chi connectivity index (χ1n) is 19.7. The Morgan fingerprint density at radius 3 is 1.72 bits per heavy atom. The van der Waals surface area contributed by atoms with Crippen LogP contribution in [0.5, 0.6) is 0 Å². The molecular formula is C54H32N2OS. The van der Waals surface area contributed by atoms with Gasteiger partial charge < -0.3 is 13.7 Å². The molecule has 0 unspecified atom stereocenters. The molecule has 0 saturated heterocycles. The number of anilines is 3. The summed E-state index contributed by atoms with van der Waals surface area (Å²) in [6.45, 7) is 0. The van der Waals surface area contributed by atoms with Gasteiger partial charge >= 0.3 is 0 Å². The summed E-state index contributed by atoms with van der Waals surface area (Å²) >= 11 is 1.86. The zero-order valence-corrected chi connectivity index (χ0v) is 32.0. The molecule has 0 spiro atoms. The Morgan fingerprint density at radius 1 is 0.345 bits per heavy atom. The number of rotatable bonds is 5.